The molecule has 2 amide bonds. The van der Waals surface area contributed by atoms with Crippen molar-refractivity contribution < 1.29 is 4.79 Å². The first-order valence-corrected chi connectivity index (χ1v) is 7.57. The second kappa shape index (κ2) is 7.99. The molecule has 2 rings (SSSR count). The van der Waals surface area contributed by atoms with Crippen LogP contribution in [0, 0.1) is 11.3 Å². The predicted octanol–water partition coefficient (Wildman–Crippen LogP) is 2.55. The molecular formula is C17H21N5O. The SMILES string of the molecule is C[C@@H](NC(=O)N(C)CCCn1ccnc1)c1cccc(C#N)c1. The van der Waals surface area contributed by atoms with E-state index in [1.54, 1.807) is 36.6 Å². The number of carbonyl (C=O) groups excluding carboxylic acids is 1. The lowest BCUT2D eigenvalue weighted by molar-refractivity contribution is 0.204. The summed E-state index contributed by atoms with van der Waals surface area (Å²) in [6.45, 7) is 3.40. The minimum Gasteiger partial charge on any atom is -0.337 e. The second-order valence-electron chi connectivity index (χ2n) is 5.48. The van der Waals surface area contributed by atoms with Gasteiger partial charge in [0.25, 0.3) is 0 Å². The highest BCUT2D eigenvalue weighted by molar-refractivity contribution is 5.74. The van der Waals surface area contributed by atoms with Gasteiger partial charge in [0.15, 0.2) is 0 Å². The van der Waals surface area contributed by atoms with Gasteiger partial charge in [-0.2, -0.15) is 5.26 Å². The zero-order valence-electron chi connectivity index (χ0n) is 13.4. The van der Waals surface area contributed by atoms with Gasteiger partial charge in [0.2, 0.25) is 0 Å². The lowest BCUT2D eigenvalue weighted by Crippen LogP contribution is -2.39. The van der Waals surface area contributed by atoms with Crippen LogP contribution in [-0.4, -0.2) is 34.1 Å². The summed E-state index contributed by atoms with van der Waals surface area (Å²) in [6.07, 6.45) is 6.28. The van der Waals surface area contributed by atoms with E-state index >= 15 is 0 Å². The molecule has 23 heavy (non-hydrogen) atoms. The molecule has 0 saturated heterocycles. The molecular weight excluding hydrogens is 290 g/mol. The number of nitrogens with one attached hydrogen (secondary N) is 1. The lowest BCUT2D eigenvalue weighted by Gasteiger charge is -2.21. The molecule has 1 atom stereocenters. The standard InChI is InChI=1S/C17H21N5O/c1-14(16-6-3-5-15(11-16)12-18)20-17(23)21(2)8-4-9-22-10-7-19-13-22/h3,5-7,10-11,13-14H,4,8-9H2,1-2H3,(H,20,23)/t14-/m1/s1. The van der Waals surface area contributed by atoms with E-state index in [1.165, 1.54) is 0 Å². The maximum absolute atomic E-state index is 12.2. The van der Waals surface area contributed by atoms with E-state index in [9.17, 15) is 4.79 Å². The van der Waals surface area contributed by atoms with E-state index in [2.05, 4.69) is 16.4 Å². The van der Waals surface area contributed by atoms with Gasteiger partial charge < -0.3 is 14.8 Å². The molecule has 1 aromatic carbocycles. The zero-order valence-corrected chi connectivity index (χ0v) is 13.4. The summed E-state index contributed by atoms with van der Waals surface area (Å²) in [7, 11) is 1.78. The maximum Gasteiger partial charge on any atom is 0.317 e. The topological polar surface area (TPSA) is 74.0 Å². The molecule has 0 aliphatic rings. The van der Waals surface area contributed by atoms with Crippen LogP contribution in [-0.2, 0) is 6.54 Å². The third kappa shape index (κ3) is 4.85. The normalized spacial score (nSPS) is 11.5. The number of benzene rings is 1. The Balaban J connectivity index is 1.81. The number of aryl methyl sites for hydroxylation is 1. The number of nitriles is 1. The van der Waals surface area contributed by atoms with Crippen LogP contribution in [0.5, 0.6) is 0 Å². The number of imidazole rings is 1. The second-order valence-corrected chi connectivity index (χ2v) is 5.48. The van der Waals surface area contributed by atoms with E-state index in [-0.39, 0.29) is 12.1 Å². The van der Waals surface area contributed by atoms with Crippen molar-refractivity contribution in [2.75, 3.05) is 13.6 Å². The molecule has 1 heterocycles. The molecule has 0 aliphatic heterocycles. The number of aromatic nitrogens is 2. The van der Waals surface area contributed by atoms with Crippen LogP contribution in [0.3, 0.4) is 0 Å². The molecule has 0 saturated carbocycles. The number of amides is 2. The largest absolute Gasteiger partial charge is 0.337 e. The number of carbonyl (C=O) groups is 1. The third-order valence-corrected chi connectivity index (χ3v) is 3.67. The molecule has 6 nitrogen and oxygen atoms in total. The zero-order chi connectivity index (χ0) is 16.7. The highest BCUT2D eigenvalue weighted by atomic mass is 16.2. The average Bonchev–Trinajstić information content (AvgIpc) is 3.08. The number of hydrogen-bond donors (Lipinski definition) is 1. The Morgan fingerprint density at radius 1 is 1.52 bits per heavy atom. The van der Waals surface area contributed by atoms with Crippen molar-refractivity contribution >= 4 is 6.03 Å². The molecule has 0 radical (unpaired) electrons. The molecule has 0 fully saturated rings. The van der Waals surface area contributed by atoms with Crippen molar-refractivity contribution in [1.82, 2.24) is 19.8 Å². The molecule has 1 aromatic heterocycles. The first-order valence-electron chi connectivity index (χ1n) is 7.57. The van der Waals surface area contributed by atoms with Gasteiger partial charge in [-0.1, -0.05) is 12.1 Å². The first-order chi connectivity index (χ1) is 11.1. The number of hydrogen-bond acceptors (Lipinski definition) is 3. The summed E-state index contributed by atoms with van der Waals surface area (Å²) in [6, 6.07) is 9.12. The van der Waals surface area contributed by atoms with Gasteiger partial charge in [-0.15, -0.1) is 0 Å². The van der Waals surface area contributed by atoms with Crippen molar-refractivity contribution in [3.8, 4) is 6.07 Å². The Kier molecular flexibility index (Phi) is 5.75. The van der Waals surface area contributed by atoms with Gasteiger partial charge in [0.1, 0.15) is 0 Å². The molecule has 0 aliphatic carbocycles. The van der Waals surface area contributed by atoms with Gasteiger partial charge in [0, 0.05) is 32.5 Å². The fourth-order valence-electron chi connectivity index (χ4n) is 2.27. The molecule has 0 unspecified atom stereocenters. The van der Waals surface area contributed by atoms with Gasteiger partial charge in [-0.05, 0) is 31.0 Å². The van der Waals surface area contributed by atoms with Crippen LogP contribution < -0.4 is 5.32 Å². The molecule has 2 aromatic rings. The molecule has 120 valence electrons. The van der Waals surface area contributed by atoms with Crippen molar-refractivity contribution in [3.63, 3.8) is 0 Å². The summed E-state index contributed by atoms with van der Waals surface area (Å²) in [5.41, 5.74) is 1.52. The van der Waals surface area contributed by atoms with Crippen LogP contribution in [0.15, 0.2) is 43.0 Å². The minimum atomic E-state index is -0.146. The Morgan fingerprint density at radius 3 is 3.04 bits per heavy atom. The van der Waals surface area contributed by atoms with Gasteiger partial charge in [0.05, 0.1) is 24.0 Å². The average molecular weight is 311 g/mol. The van der Waals surface area contributed by atoms with Crippen molar-refractivity contribution in [2.45, 2.75) is 25.9 Å². The fourth-order valence-corrected chi connectivity index (χ4v) is 2.27. The van der Waals surface area contributed by atoms with Gasteiger partial charge >= 0.3 is 6.03 Å². The molecule has 0 bridgehead atoms. The highest BCUT2D eigenvalue weighted by Gasteiger charge is 2.13. The number of nitrogens with zero attached hydrogens (tertiary/aromatic N) is 4. The van der Waals surface area contributed by atoms with E-state index in [0.717, 1.165) is 18.5 Å². The lowest BCUT2D eigenvalue weighted by atomic mass is 10.1. The predicted molar refractivity (Wildman–Crippen MR) is 87.6 cm³/mol. The van der Waals surface area contributed by atoms with Crippen LogP contribution >= 0.6 is 0 Å². The highest BCUT2D eigenvalue weighted by Crippen LogP contribution is 2.14. The Labute approximate surface area is 136 Å². The quantitative estimate of drug-likeness (QED) is 0.891. The molecule has 0 spiro atoms. The van der Waals surface area contributed by atoms with E-state index in [1.807, 2.05) is 29.8 Å². The third-order valence-electron chi connectivity index (χ3n) is 3.67. The van der Waals surface area contributed by atoms with Crippen LogP contribution in [0.1, 0.15) is 30.5 Å². The first kappa shape index (κ1) is 16.6. The van der Waals surface area contributed by atoms with Gasteiger partial charge in [-0.3, -0.25) is 0 Å². The van der Waals surface area contributed by atoms with Crippen LogP contribution in [0.25, 0.3) is 0 Å². The van der Waals surface area contributed by atoms with E-state index in [4.69, 9.17) is 5.26 Å². The monoisotopic (exact) mass is 311 g/mol. The Morgan fingerprint density at radius 2 is 2.35 bits per heavy atom. The van der Waals surface area contributed by atoms with Crippen molar-refractivity contribution in [3.05, 3.63) is 54.1 Å². The van der Waals surface area contributed by atoms with Crippen molar-refractivity contribution in [2.24, 2.45) is 0 Å². The van der Waals surface area contributed by atoms with Crippen LogP contribution in [0.4, 0.5) is 4.79 Å². The number of rotatable bonds is 6. The minimum absolute atomic E-state index is 0.120. The summed E-state index contributed by atoms with van der Waals surface area (Å²) >= 11 is 0. The number of urea groups is 1. The summed E-state index contributed by atoms with van der Waals surface area (Å²) in [5, 5.41) is 11.9. The van der Waals surface area contributed by atoms with E-state index in [0.29, 0.717) is 12.1 Å². The Hall–Kier alpha value is -2.81. The smallest absolute Gasteiger partial charge is 0.317 e. The fraction of sp³-hybridized carbons (Fsp3) is 0.353. The van der Waals surface area contributed by atoms with E-state index < -0.39 is 0 Å². The Bertz CT molecular complexity index is 675. The molecule has 6 heteroatoms. The van der Waals surface area contributed by atoms with Crippen molar-refractivity contribution in [1.29, 1.82) is 5.26 Å². The van der Waals surface area contributed by atoms with Gasteiger partial charge in [-0.25, -0.2) is 9.78 Å². The maximum atomic E-state index is 12.2. The molecule has 1 N–H and O–H groups in total. The van der Waals surface area contributed by atoms with Crippen LogP contribution in [0.2, 0.25) is 0 Å². The summed E-state index contributed by atoms with van der Waals surface area (Å²) in [4.78, 5) is 17.9. The summed E-state index contributed by atoms with van der Waals surface area (Å²) < 4.78 is 1.99. The summed E-state index contributed by atoms with van der Waals surface area (Å²) in [5.74, 6) is 0.